The van der Waals surface area contributed by atoms with Crippen LogP contribution in [0.1, 0.15) is 83.9 Å². The standard InChI is InChI=1S/C33H38N2O3/c1-5-6-7-8-10-23-13-15-24(16-14-23)32(37)34-27-12-9-11-25(19-27)31(36)21-30-29-20-28(38-4)18-17-26(29)22-33(2,3)35-30/h9,11-21,35H,5-8,10,22H2,1-4H3,(H,34,37). The molecular formula is C33H38N2O3. The molecule has 0 saturated heterocycles. The molecule has 3 aromatic carbocycles. The predicted molar refractivity (Wildman–Crippen MR) is 155 cm³/mol. The van der Waals surface area contributed by atoms with E-state index in [2.05, 4.69) is 37.5 Å². The Morgan fingerprint density at radius 1 is 0.974 bits per heavy atom. The van der Waals surface area contributed by atoms with Crippen molar-refractivity contribution in [2.24, 2.45) is 0 Å². The molecule has 1 amide bonds. The van der Waals surface area contributed by atoms with Crippen LogP contribution in [0.15, 0.2) is 72.8 Å². The first-order valence-corrected chi connectivity index (χ1v) is 13.5. The lowest BCUT2D eigenvalue weighted by Gasteiger charge is -2.35. The second-order valence-corrected chi connectivity index (χ2v) is 10.7. The Morgan fingerprint density at radius 3 is 2.50 bits per heavy atom. The van der Waals surface area contributed by atoms with Crippen molar-refractivity contribution in [1.29, 1.82) is 0 Å². The van der Waals surface area contributed by atoms with Crippen molar-refractivity contribution in [3.63, 3.8) is 0 Å². The van der Waals surface area contributed by atoms with E-state index >= 15 is 0 Å². The minimum atomic E-state index is -0.192. The Labute approximate surface area is 226 Å². The number of ketones is 1. The van der Waals surface area contributed by atoms with E-state index in [9.17, 15) is 9.59 Å². The van der Waals surface area contributed by atoms with Gasteiger partial charge >= 0.3 is 0 Å². The summed E-state index contributed by atoms with van der Waals surface area (Å²) in [5.74, 6) is 0.419. The molecule has 0 atom stereocenters. The first kappa shape index (κ1) is 27.2. The molecule has 5 nitrogen and oxygen atoms in total. The number of aryl methyl sites for hydroxylation is 1. The van der Waals surface area contributed by atoms with Crippen molar-refractivity contribution >= 4 is 23.1 Å². The summed E-state index contributed by atoms with van der Waals surface area (Å²) in [4.78, 5) is 26.2. The summed E-state index contributed by atoms with van der Waals surface area (Å²) in [6.07, 6.45) is 8.41. The molecule has 0 unspecified atom stereocenters. The monoisotopic (exact) mass is 510 g/mol. The van der Waals surface area contributed by atoms with E-state index in [1.54, 1.807) is 37.5 Å². The number of anilines is 1. The Kier molecular flexibility index (Phi) is 8.67. The van der Waals surface area contributed by atoms with Crippen LogP contribution in [-0.2, 0) is 12.8 Å². The highest BCUT2D eigenvalue weighted by atomic mass is 16.5. The molecule has 0 spiro atoms. The van der Waals surface area contributed by atoms with Gasteiger partial charge in [0.05, 0.1) is 7.11 Å². The van der Waals surface area contributed by atoms with E-state index in [-0.39, 0.29) is 17.2 Å². The molecule has 4 rings (SSSR count). The Balaban J connectivity index is 1.47. The van der Waals surface area contributed by atoms with Crippen molar-refractivity contribution < 1.29 is 14.3 Å². The fourth-order valence-corrected chi connectivity index (χ4v) is 4.90. The van der Waals surface area contributed by atoms with Crippen LogP contribution in [0, 0.1) is 0 Å². The SMILES string of the molecule is CCCCCCc1ccc(C(=O)Nc2cccc(C(=O)C=C3NC(C)(C)Cc4ccc(OC)cc43)c2)cc1. The van der Waals surface area contributed by atoms with E-state index in [4.69, 9.17) is 4.74 Å². The van der Waals surface area contributed by atoms with Crippen LogP contribution in [0.2, 0.25) is 0 Å². The van der Waals surface area contributed by atoms with Gasteiger partial charge in [-0.3, -0.25) is 9.59 Å². The van der Waals surface area contributed by atoms with Crippen LogP contribution >= 0.6 is 0 Å². The average Bonchev–Trinajstić information content (AvgIpc) is 2.91. The number of nitrogens with one attached hydrogen (secondary N) is 2. The molecule has 0 saturated carbocycles. The highest BCUT2D eigenvalue weighted by Gasteiger charge is 2.28. The maximum atomic E-state index is 13.3. The van der Waals surface area contributed by atoms with Gasteiger partial charge in [0.25, 0.3) is 5.91 Å². The van der Waals surface area contributed by atoms with Gasteiger partial charge in [-0.05, 0) is 80.6 Å². The molecule has 1 aliphatic heterocycles. The fraction of sp³-hybridized carbons (Fsp3) is 0.333. The van der Waals surface area contributed by atoms with Crippen LogP contribution in [0.3, 0.4) is 0 Å². The number of allylic oxidation sites excluding steroid dienone is 1. The topological polar surface area (TPSA) is 67.4 Å². The highest BCUT2D eigenvalue weighted by molar-refractivity contribution is 6.10. The summed E-state index contributed by atoms with van der Waals surface area (Å²) in [5.41, 5.74) is 5.65. The van der Waals surface area contributed by atoms with Gasteiger partial charge in [0.1, 0.15) is 5.75 Å². The third-order valence-corrected chi connectivity index (χ3v) is 6.93. The third kappa shape index (κ3) is 6.91. The molecular weight excluding hydrogens is 472 g/mol. The van der Waals surface area contributed by atoms with Gasteiger partial charge in [-0.1, -0.05) is 56.5 Å². The van der Waals surface area contributed by atoms with Crippen molar-refractivity contribution in [1.82, 2.24) is 5.32 Å². The zero-order valence-corrected chi connectivity index (χ0v) is 22.9. The van der Waals surface area contributed by atoms with Gasteiger partial charge in [-0.25, -0.2) is 0 Å². The number of hydrogen-bond acceptors (Lipinski definition) is 4. The Hall–Kier alpha value is -3.86. The van der Waals surface area contributed by atoms with Crippen molar-refractivity contribution in [2.75, 3.05) is 12.4 Å². The molecule has 0 bridgehead atoms. The first-order chi connectivity index (χ1) is 18.3. The third-order valence-electron chi connectivity index (χ3n) is 6.93. The zero-order valence-electron chi connectivity index (χ0n) is 22.9. The number of unbranched alkanes of at least 4 members (excludes halogenated alkanes) is 3. The lowest BCUT2D eigenvalue weighted by molar-refractivity contribution is 0.102. The molecule has 0 radical (unpaired) electrons. The molecule has 2 N–H and O–H groups in total. The number of amides is 1. The number of ether oxygens (including phenoxy) is 1. The van der Waals surface area contributed by atoms with E-state index in [0.29, 0.717) is 16.8 Å². The number of hydrogen-bond donors (Lipinski definition) is 2. The van der Waals surface area contributed by atoms with Crippen LogP contribution in [0.4, 0.5) is 5.69 Å². The van der Waals surface area contributed by atoms with E-state index < -0.39 is 0 Å². The quantitative estimate of drug-likeness (QED) is 0.172. The lowest BCUT2D eigenvalue weighted by atomic mass is 9.85. The summed E-state index contributed by atoms with van der Waals surface area (Å²) in [6, 6.07) is 20.8. The predicted octanol–water partition coefficient (Wildman–Crippen LogP) is 7.22. The number of methoxy groups -OCH3 is 1. The average molecular weight is 511 g/mol. The molecule has 1 heterocycles. The van der Waals surface area contributed by atoms with Crippen LogP contribution in [-0.4, -0.2) is 24.3 Å². The van der Waals surface area contributed by atoms with Crippen molar-refractivity contribution in [3.8, 4) is 5.75 Å². The molecule has 0 aromatic heterocycles. The molecule has 38 heavy (non-hydrogen) atoms. The molecule has 1 aliphatic rings. The number of carbonyl (C=O) groups excluding carboxylic acids is 2. The summed E-state index contributed by atoms with van der Waals surface area (Å²) in [7, 11) is 1.64. The van der Waals surface area contributed by atoms with Crippen LogP contribution in [0.5, 0.6) is 5.75 Å². The van der Waals surface area contributed by atoms with Gasteiger partial charge in [0, 0.05) is 39.7 Å². The Morgan fingerprint density at radius 2 is 1.76 bits per heavy atom. The molecule has 0 fully saturated rings. The number of benzene rings is 3. The van der Waals surface area contributed by atoms with Gasteiger partial charge in [-0.15, -0.1) is 0 Å². The highest BCUT2D eigenvalue weighted by Crippen LogP contribution is 2.32. The summed E-state index contributed by atoms with van der Waals surface area (Å²) in [6.45, 7) is 6.45. The fourth-order valence-electron chi connectivity index (χ4n) is 4.90. The van der Waals surface area contributed by atoms with Gasteiger partial charge in [-0.2, -0.15) is 0 Å². The van der Waals surface area contributed by atoms with Gasteiger partial charge < -0.3 is 15.4 Å². The normalized spacial score (nSPS) is 14.9. The minimum absolute atomic E-state index is 0.137. The van der Waals surface area contributed by atoms with Crippen LogP contribution in [0.25, 0.3) is 5.70 Å². The smallest absolute Gasteiger partial charge is 0.255 e. The summed E-state index contributed by atoms with van der Waals surface area (Å²) >= 11 is 0. The minimum Gasteiger partial charge on any atom is -0.497 e. The second kappa shape index (κ2) is 12.1. The van der Waals surface area contributed by atoms with Crippen LogP contribution < -0.4 is 15.4 Å². The lowest BCUT2D eigenvalue weighted by Crippen LogP contribution is -2.43. The Bertz CT molecular complexity index is 1320. The molecule has 0 aliphatic carbocycles. The number of fused-ring (bicyclic) bond motifs is 1. The molecule has 3 aromatic rings. The molecule has 198 valence electrons. The maximum absolute atomic E-state index is 13.3. The van der Waals surface area contributed by atoms with E-state index in [0.717, 1.165) is 29.9 Å². The number of carbonyl (C=O) groups is 2. The van der Waals surface area contributed by atoms with Crippen molar-refractivity contribution in [2.45, 2.75) is 64.8 Å². The molecule has 5 heteroatoms. The van der Waals surface area contributed by atoms with Gasteiger partial charge in [0.15, 0.2) is 5.78 Å². The second-order valence-electron chi connectivity index (χ2n) is 10.7. The number of rotatable bonds is 10. The first-order valence-electron chi connectivity index (χ1n) is 13.5. The maximum Gasteiger partial charge on any atom is 0.255 e. The zero-order chi connectivity index (χ0) is 27.1. The van der Waals surface area contributed by atoms with Gasteiger partial charge in [0.2, 0.25) is 0 Å². The summed E-state index contributed by atoms with van der Waals surface area (Å²) < 4.78 is 5.41. The van der Waals surface area contributed by atoms with E-state index in [1.165, 1.54) is 36.8 Å². The largest absolute Gasteiger partial charge is 0.497 e. The van der Waals surface area contributed by atoms with E-state index in [1.807, 2.05) is 36.4 Å². The summed E-state index contributed by atoms with van der Waals surface area (Å²) in [5, 5.41) is 6.44. The van der Waals surface area contributed by atoms with Crippen molar-refractivity contribution in [3.05, 3.63) is 101 Å².